The minimum absolute atomic E-state index is 0.0691. The van der Waals surface area contributed by atoms with Gasteiger partial charge in [0.15, 0.2) is 0 Å². The Morgan fingerprint density at radius 1 is 1.28 bits per heavy atom. The highest BCUT2D eigenvalue weighted by molar-refractivity contribution is 5.83. The molecule has 3 rings (SSSR count). The van der Waals surface area contributed by atoms with Crippen molar-refractivity contribution in [2.24, 2.45) is 0 Å². The van der Waals surface area contributed by atoms with Crippen LogP contribution in [0.1, 0.15) is 24.9 Å². The Balaban J connectivity index is 2.01. The number of rotatable bonds is 6. The molecule has 2 aromatic carbocycles. The number of ether oxygens (including phenoxy) is 1. The van der Waals surface area contributed by atoms with Crippen LogP contribution >= 0.6 is 0 Å². The Hall–Kier alpha value is -3.22. The second kappa shape index (κ2) is 7.12. The molecule has 0 radical (unpaired) electrons. The number of imidazole rings is 1. The zero-order valence-electron chi connectivity index (χ0n) is 13.7. The summed E-state index contributed by atoms with van der Waals surface area (Å²) in [5.74, 6) is -0.619. The van der Waals surface area contributed by atoms with Crippen LogP contribution in [0, 0.1) is 10.1 Å². The fraction of sp³-hybridized carbons (Fsp3) is 0.222. The van der Waals surface area contributed by atoms with Crippen LogP contribution in [-0.2, 0) is 9.53 Å². The lowest BCUT2D eigenvalue weighted by atomic mass is 9.99. The summed E-state index contributed by atoms with van der Waals surface area (Å²) >= 11 is 0. The molecular formula is C18H17N3O4. The van der Waals surface area contributed by atoms with E-state index in [9.17, 15) is 14.9 Å². The van der Waals surface area contributed by atoms with E-state index in [2.05, 4.69) is 4.98 Å². The topological polar surface area (TPSA) is 87.3 Å². The van der Waals surface area contributed by atoms with E-state index in [0.29, 0.717) is 0 Å². The van der Waals surface area contributed by atoms with Crippen LogP contribution in [0.15, 0.2) is 55.0 Å². The zero-order chi connectivity index (χ0) is 17.8. The molecule has 1 heterocycles. The molecule has 7 nitrogen and oxygen atoms in total. The van der Waals surface area contributed by atoms with E-state index in [4.69, 9.17) is 4.74 Å². The molecule has 1 unspecified atom stereocenters. The number of fused-ring (bicyclic) bond motifs is 1. The lowest BCUT2D eigenvalue weighted by Gasteiger charge is -2.17. The third kappa shape index (κ3) is 3.65. The minimum Gasteiger partial charge on any atom is -0.466 e. The molecule has 0 saturated heterocycles. The number of nitrogens with zero attached hydrogens (tertiary/aromatic N) is 3. The van der Waals surface area contributed by atoms with Crippen LogP contribution in [0.2, 0.25) is 0 Å². The number of esters is 1. The van der Waals surface area contributed by atoms with Gasteiger partial charge < -0.3 is 19.4 Å². The highest BCUT2D eigenvalue weighted by atomic mass is 16.6. The lowest BCUT2D eigenvalue weighted by molar-refractivity contribution is -0.389. The fourth-order valence-corrected chi connectivity index (χ4v) is 2.78. The maximum Gasteiger partial charge on any atom is 0.381 e. The highest BCUT2D eigenvalue weighted by Gasteiger charge is 2.22. The lowest BCUT2D eigenvalue weighted by Crippen LogP contribution is -2.16. The third-order valence-corrected chi connectivity index (χ3v) is 3.96. The van der Waals surface area contributed by atoms with E-state index in [1.165, 1.54) is 12.5 Å². The van der Waals surface area contributed by atoms with Crippen molar-refractivity contribution in [3.63, 3.8) is 0 Å². The minimum atomic E-state index is -0.557. The summed E-state index contributed by atoms with van der Waals surface area (Å²) in [6.45, 7) is 2.03. The predicted molar refractivity (Wildman–Crippen MR) is 92.2 cm³/mol. The zero-order valence-corrected chi connectivity index (χ0v) is 13.7. The fourth-order valence-electron chi connectivity index (χ4n) is 2.78. The first-order valence-corrected chi connectivity index (χ1v) is 7.90. The molecule has 3 aromatic rings. The average Bonchev–Trinajstić information content (AvgIpc) is 3.09. The largest absolute Gasteiger partial charge is 0.466 e. The summed E-state index contributed by atoms with van der Waals surface area (Å²) in [6, 6.07) is 13.3. The Morgan fingerprint density at radius 3 is 2.72 bits per heavy atom. The maximum atomic E-state index is 12.0. The van der Waals surface area contributed by atoms with Crippen molar-refractivity contribution in [1.82, 2.24) is 9.55 Å². The summed E-state index contributed by atoms with van der Waals surface area (Å²) in [6.07, 6.45) is 2.77. The van der Waals surface area contributed by atoms with Gasteiger partial charge in [0.05, 0.1) is 19.1 Å². The van der Waals surface area contributed by atoms with Crippen LogP contribution in [0.4, 0.5) is 5.82 Å². The molecule has 0 aliphatic carbocycles. The molecule has 0 N–H and O–H groups in total. The van der Waals surface area contributed by atoms with Gasteiger partial charge in [0.2, 0.25) is 6.33 Å². The van der Waals surface area contributed by atoms with Gasteiger partial charge in [-0.2, -0.15) is 0 Å². The monoisotopic (exact) mass is 339 g/mol. The van der Waals surface area contributed by atoms with Gasteiger partial charge in [0, 0.05) is 0 Å². The molecule has 1 aromatic heterocycles. The van der Waals surface area contributed by atoms with Gasteiger partial charge >= 0.3 is 11.8 Å². The van der Waals surface area contributed by atoms with Gasteiger partial charge in [0.1, 0.15) is 6.20 Å². The van der Waals surface area contributed by atoms with E-state index in [-0.39, 0.29) is 24.8 Å². The van der Waals surface area contributed by atoms with Gasteiger partial charge in [-0.25, -0.2) is 0 Å². The van der Waals surface area contributed by atoms with E-state index >= 15 is 0 Å². The smallest absolute Gasteiger partial charge is 0.381 e. The van der Waals surface area contributed by atoms with E-state index in [1.807, 2.05) is 42.5 Å². The third-order valence-electron chi connectivity index (χ3n) is 3.96. The summed E-state index contributed by atoms with van der Waals surface area (Å²) < 4.78 is 6.63. The van der Waals surface area contributed by atoms with Crippen molar-refractivity contribution in [1.29, 1.82) is 0 Å². The normalized spacial score (nSPS) is 12.0. The quantitative estimate of drug-likeness (QED) is 0.390. The van der Waals surface area contributed by atoms with Crippen molar-refractivity contribution in [2.45, 2.75) is 19.4 Å². The molecule has 0 bridgehead atoms. The first kappa shape index (κ1) is 16.6. The molecule has 0 fully saturated rings. The number of carbonyl (C=O) groups excluding carboxylic acids is 1. The molecule has 0 spiro atoms. The van der Waals surface area contributed by atoms with E-state index < -0.39 is 11.0 Å². The summed E-state index contributed by atoms with van der Waals surface area (Å²) in [5, 5.41) is 13.0. The van der Waals surface area contributed by atoms with Gasteiger partial charge in [0.25, 0.3) is 0 Å². The van der Waals surface area contributed by atoms with Gasteiger partial charge in [-0.3, -0.25) is 4.79 Å². The van der Waals surface area contributed by atoms with E-state index in [1.54, 1.807) is 11.5 Å². The molecule has 0 aliphatic rings. The van der Waals surface area contributed by atoms with E-state index in [0.717, 1.165) is 16.3 Å². The van der Waals surface area contributed by atoms with Crippen LogP contribution in [0.25, 0.3) is 10.8 Å². The van der Waals surface area contributed by atoms with Crippen molar-refractivity contribution in [3.05, 3.63) is 70.7 Å². The van der Waals surface area contributed by atoms with Gasteiger partial charge in [-0.15, -0.1) is 0 Å². The Morgan fingerprint density at radius 2 is 2.04 bits per heavy atom. The van der Waals surface area contributed by atoms with Crippen LogP contribution < -0.4 is 0 Å². The van der Waals surface area contributed by atoms with Crippen LogP contribution in [0.5, 0.6) is 0 Å². The van der Waals surface area contributed by atoms with Gasteiger partial charge in [-0.05, 0) is 39.2 Å². The molecule has 128 valence electrons. The number of aromatic nitrogens is 2. The number of hydrogen-bond acceptors (Lipinski definition) is 5. The predicted octanol–water partition coefficient (Wildman–Crippen LogP) is 3.49. The SMILES string of the molecule is CCOC(=O)CC(c1ccc2ccccc2c1)n1cnc([N+](=O)[O-])c1. The molecule has 25 heavy (non-hydrogen) atoms. The van der Waals surface area contributed by atoms with Crippen molar-refractivity contribution >= 4 is 22.6 Å². The number of benzene rings is 2. The second-order valence-corrected chi connectivity index (χ2v) is 5.57. The average molecular weight is 339 g/mol. The molecule has 1 atom stereocenters. The highest BCUT2D eigenvalue weighted by Crippen LogP contribution is 2.27. The number of hydrogen-bond donors (Lipinski definition) is 0. The summed E-state index contributed by atoms with van der Waals surface area (Å²) in [4.78, 5) is 26.2. The first-order valence-electron chi connectivity index (χ1n) is 7.90. The maximum absolute atomic E-state index is 12.0. The Labute approximate surface area is 144 Å². The Kier molecular flexibility index (Phi) is 4.74. The van der Waals surface area contributed by atoms with Crippen LogP contribution in [0.3, 0.4) is 0 Å². The van der Waals surface area contributed by atoms with Crippen LogP contribution in [-0.4, -0.2) is 27.1 Å². The number of carbonyl (C=O) groups is 1. The second-order valence-electron chi connectivity index (χ2n) is 5.57. The standard InChI is InChI=1S/C18H17N3O4/c1-2-25-18(22)10-16(20-11-17(19-12-20)21(23)24)15-8-7-13-5-3-4-6-14(13)9-15/h3-9,11-12,16H,2,10H2,1H3. The molecular weight excluding hydrogens is 322 g/mol. The molecule has 0 aliphatic heterocycles. The van der Waals surface area contributed by atoms with Crippen molar-refractivity contribution < 1.29 is 14.5 Å². The molecule has 7 heteroatoms. The summed E-state index contributed by atoms with van der Waals surface area (Å²) in [7, 11) is 0. The Bertz CT molecular complexity index is 919. The molecule has 0 amide bonds. The van der Waals surface area contributed by atoms with Crippen molar-refractivity contribution in [3.8, 4) is 0 Å². The van der Waals surface area contributed by atoms with Crippen molar-refractivity contribution in [2.75, 3.05) is 6.61 Å². The van der Waals surface area contributed by atoms with Gasteiger partial charge in [-0.1, -0.05) is 36.4 Å². The molecule has 0 saturated carbocycles. The summed E-state index contributed by atoms with van der Waals surface area (Å²) in [5.41, 5.74) is 0.860. The first-order chi connectivity index (χ1) is 12.1. The number of nitro groups is 1.